The SMILES string of the molecule is CCCC(C)(C)CNCCCCC(=O)O. The second-order valence-corrected chi connectivity index (χ2v) is 4.94. The van der Waals surface area contributed by atoms with Crippen molar-refractivity contribution in [3.8, 4) is 0 Å². The number of carboxylic acids is 1. The molecule has 0 radical (unpaired) electrons. The molecule has 0 rings (SSSR count). The predicted molar refractivity (Wildman–Crippen MR) is 63.0 cm³/mol. The zero-order chi connectivity index (χ0) is 11.7. The van der Waals surface area contributed by atoms with Crippen molar-refractivity contribution in [1.29, 1.82) is 0 Å². The van der Waals surface area contributed by atoms with Crippen molar-refractivity contribution in [1.82, 2.24) is 5.32 Å². The third-order valence-corrected chi connectivity index (χ3v) is 2.52. The predicted octanol–water partition coefficient (Wildman–Crippen LogP) is 2.66. The highest BCUT2D eigenvalue weighted by Gasteiger charge is 2.15. The minimum absolute atomic E-state index is 0.292. The fourth-order valence-electron chi connectivity index (χ4n) is 1.72. The first kappa shape index (κ1) is 14.4. The first-order valence-electron chi connectivity index (χ1n) is 5.90. The van der Waals surface area contributed by atoms with Crippen LogP contribution in [0.1, 0.15) is 52.9 Å². The van der Waals surface area contributed by atoms with Crippen LogP contribution in [0.3, 0.4) is 0 Å². The van der Waals surface area contributed by atoms with E-state index in [1.807, 2.05) is 0 Å². The number of aliphatic carboxylic acids is 1. The number of rotatable bonds is 9. The standard InChI is InChI=1S/C12H25NO2/c1-4-8-12(2,3)10-13-9-6-5-7-11(14)15/h13H,4-10H2,1-3H3,(H,14,15). The summed E-state index contributed by atoms with van der Waals surface area (Å²) in [6, 6.07) is 0. The average molecular weight is 215 g/mol. The first-order chi connectivity index (χ1) is 6.98. The molecule has 0 aromatic heterocycles. The van der Waals surface area contributed by atoms with Gasteiger partial charge in [-0.2, -0.15) is 0 Å². The minimum Gasteiger partial charge on any atom is -0.481 e. The van der Waals surface area contributed by atoms with Crippen molar-refractivity contribution in [2.75, 3.05) is 13.1 Å². The number of carbonyl (C=O) groups is 1. The van der Waals surface area contributed by atoms with Gasteiger partial charge >= 0.3 is 5.97 Å². The number of hydrogen-bond acceptors (Lipinski definition) is 2. The highest BCUT2D eigenvalue weighted by Crippen LogP contribution is 2.20. The molecule has 0 unspecified atom stereocenters. The molecule has 3 heteroatoms. The summed E-state index contributed by atoms with van der Waals surface area (Å²) in [4.78, 5) is 10.3. The summed E-state index contributed by atoms with van der Waals surface area (Å²) in [5.41, 5.74) is 0.363. The summed E-state index contributed by atoms with van der Waals surface area (Å²) in [6.07, 6.45) is 4.47. The van der Waals surface area contributed by atoms with E-state index in [0.29, 0.717) is 11.8 Å². The van der Waals surface area contributed by atoms with Gasteiger partial charge in [-0.15, -0.1) is 0 Å². The molecule has 0 aliphatic heterocycles. The largest absolute Gasteiger partial charge is 0.481 e. The Kier molecular flexibility index (Phi) is 7.39. The van der Waals surface area contributed by atoms with Crippen LogP contribution in [0.4, 0.5) is 0 Å². The van der Waals surface area contributed by atoms with Crippen molar-refractivity contribution in [2.45, 2.75) is 52.9 Å². The molecule has 0 spiro atoms. The number of nitrogens with one attached hydrogen (secondary N) is 1. The van der Waals surface area contributed by atoms with Gasteiger partial charge in [0.05, 0.1) is 0 Å². The molecule has 0 aromatic carbocycles. The molecule has 0 fully saturated rings. The summed E-state index contributed by atoms with van der Waals surface area (Å²) in [5.74, 6) is -0.693. The van der Waals surface area contributed by atoms with Crippen LogP contribution >= 0.6 is 0 Å². The van der Waals surface area contributed by atoms with E-state index in [0.717, 1.165) is 25.9 Å². The van der Waals surface area contributed by atoms with Crippen molar-refractivity contribution in [3.05, 3.63) is 0 Å². The fraction of sp³-hybridized carbons (Fsp3) is 0.917. The molecular formula is C12H25NO2. The Morgan fingerprint density at radius 2 is 2.00 bits per heavy atom. The van der Waals surface area contributed by atoms with Gasteiger partial charge in [-0.1, -0.05) is 27.2 Å². The summed E-state index contributed by atoms with van der Waals surface area (Å²) in [5, 5.41) is 11.8. The molecule has 0 saturated carbocycles. The minimum atomic E-state index is -0.693. The van der Waals surface area contributed by atoms with Crippen LogP contribution in [0.25, 0.3) is 0 Å². The molecule has 0 aliphatic carbocycles. The highest BCUT2D eigenvalue weighted by atomic mass is 16.4. The van der Waals surface area contributed by atoms with E-state index in [4.69, 9.17) is 5.11 Å². The van der Waals surface area contributed by atoms with Crippen LogP contribution in [-0.2, 0) is 4.79 Å². The Labute approximate surface area is 93.3 Å². The molecular weight excluding hydrogens is 190 g/mol. The molecule has 15 heavy (non-hydrogen) atoms. The number of hydrogen-bond donors (Lipinski definition) is 2. The average Bonchev–Trinajstić information content (AvgIpc) is 2.10. The maximum atomic E-state index is 10.3. The van der Waals surface area contributed by atoms with Crippen LogP contribution in [-0.4, -0.2) is 24.2 Å². The van der Waals surface area contributed by atoms with E-state index in [-0.39, 0.29) is 0 Å². The molecule has 0 heterocycles. The van der Waals surface area contributed by atoms with Crippen LogP contribution < -0.4 is 5.32 Å². The van der Waals surface area contributed by atoms with E-state index in [1.54, 1.807) is 0 Å². The molecule has 2 N–H and O–H groups in total. The second kappa shape index (κ2) is 7.69. The van der Waals surface area contributed by atoms with Crippen LogP contribution in [0.2, 0.25) is 0 Å². The molecule has 0 saturated heterocycles. The van der Waals surface area contributed by atoms with Crippen LogP contribution in [0, 0.1) is 5.41 Å². The first-order valence-corrected chi connectivity index (χ1v) is 5.90. The zero-order valence-electron chi connectivity index (χ0n) is 10.3. The van der Waals surface area contributed by atoms with Crippen molar-refractivity contribution < 1.29 is 9.90 Å². The van der Waals surface area contributed by atoms with Crippen molar-refractivity contribution >= 4 is 5.97 Å². The summed E-state index contributed by atoms with van der Waals surface area (Å²) < 4.78 is 0. The van der Waals surface area contributed by atoms with E-state index in [9.17, 15) is 4.79 Å². The lowest BCUT2D eigenvalue weighted by Gasteiger charge is -2.24. The lowest BCUT2D eigenvalue weighted by Crippen LogP contribution is -2.30. The highest BCUT2D eigenvalue weighted by molar-refractivity contribution is 5.66. The van der Waals surface area contributed by atoms with Crippen LogP contribution in [0.5, 0.6) is 0 Å². The summed E-state index contributed by atoms with van der Waals surface area (Å²) in [7, 11) is 0. The van der Waals surface area contributed by atoms with Gasteiger partial charge in [-0.3, -0.25) is 4.79 Å². The quantitative estimate of drug-likeness (QED) is 0.581. The molecule has 0 aliphatic rings. The third-order valence-electron chi connectivity index (χ3n) is 2.52. The Morgan fingerprint density at radius 3 is 2.53 bits per heavy atom. The van der Waals surface area contributed by atoms with Crippen molar-refractivity contribution in [2.24, 2.45) is 5.41 Å². The summed E-state index contributed by atoms with van der Waals surface area (Å²) in [6.45, 7) is 8.68. The van der Waals surface area contributed by atoms with E-state index in [1.165, 1.54) is 12.8 Å². The van der Waals surface area contributed by atoms with Gasteiger partial charge in [-0.05, 0) is 31.2 Å². The van der Waals surface area contributed by atoms with Gasteiger partial charge in [0.25, 0.3) is 0 Å². The topological polar surface area (TPSA) is 49.3 Å². The van der Waals surface area contributed by atoms with Gasteiger partial charge in [0.2, 0.25) is 0 Å². The maximum Gasteiger partial charge on any atom is 0.303 e. The van der Waals surface area contributed by atoms with Gasteiger partial charge < -0.3 is 10.4 Å². The van der Waals surface area contributed by atoms with Crippen molar-refractivity contribution in [3.63, 3.8) is 0 Å². The van der Waals surface area contributed by atoms with E-state index >= 15 is 0 Å². The van der Waals surface area contributed by atoms with Gasteiger partial charge in [0.1, 0.15) is 0 Å². The molecule has 3 nitrogen and oxygen atoms in total. The Balaban J connectivity index is 3.34. The Bertz CT molecular complexity index is 178. The maximum absolute atomic E-state index is 10.3. The number of unbranched alkanes of at least 4 members (excludes halogenated alkanes) is 1. The van der Waals surface area contributed by atoms with Crippen LogP contribution in [0.15, 0.2) is 0 Å². The van der Waals surface area contributed by atoms with E-state index < -0.39 is 5.97 Å². The molecule has 0 bridgehead atoms. The Hall–Kier alpha value is -0.570. The third kappa shape index (κ3) is 9.73. The van der Waals surface area contributed by atoms with E-state index in [2.05, 4.69) is 26.1 Å². The molecule has 90 valence electrons. The lowest BCUT2D eigenvalue weighted by atomic mass is 9.88. The van der Waals surface area contributed by atoms with Gasteiger partial charge in [-0.25, -0.2) is 0 Å². The summed E-state index contributed by atoms with van der Waals surface area (Å²) >= 11 is 0. The molecule has 0 amide bonds. The smallest absolute Gasteiger partial charge is 0.303 e. The fourth-order valence-corrected chi connectivity index (χ4v) is 1.72. The normalized spacial score (nSPS) is 11.7. The second-order valence-electron chi connectivity index (χ2n) is 4.94. The molecule has 0 atom stereocenters. The molecule has 0 aromatic rings. The van der Waals surface area contributed by atoms with Gasteiger partial charge in [0, 0.05) is 13.0 Å². The monoisotopic (exact) mass is 215 g/mol. The van der Waals surface area contributed by atoms with Gasteiger partial charge in [0.15, 0.2) is 0 Å². The zero-order valence-corrected chi connectivity index (χ0v) is 10.3. The Morgan fingerprint density at radius 1 is 1.33 bits per heavy atom. The lowest BCUT2D eigenvalue weighted by molar-refractivity contribution is -0.137. The number of carboxylic acid groups (broad SMARTS) is 1.